The zero-order valence-corrected chi connectivity index (χ0v) is 8.48. The standard InChI is InChI=1S/C10H16N4/c1-2-14(9-5-7-11-8-9)10-4-3-6-12-13-10/h3-4,6,9,11H,2,5,7-8H2,1H3. The maximum absolute atomic E-state index is 4.14. The van der Waals surface area contributed by atoms with E-state index in [0.29, 0.717) is 6.04 Å². The number of nitrogens with zero attached hydrogens (tertiary/aromatic N) is 3. The third kappa shape index (κ3) is 1.85. The molecule has 0 aromatic carbocycles. The third-order valence-corrected chi connectivity index (χ3v) is 2.67. The van der Waals surface area contributed by atoms with Crippen LogP contribution in [-0.4, -0.2) is 35.9 Å². The fraction of sp³-hybridized carbons (Fsp3) is 0.600. The highest BCUT2D eigenvalue weighted by Crippen LogP contribution is 2.15. The van der Waals surface area contributed by atoms with Crippen molar-refractivity contribution in [2.45, 2.75) is 19.4 Å². The van der Waals surface area contributed by atoms with E-state index in [1.807, 2.05) is 12.1 Å². The number of hydrogen-bond acceptors (Lipinski definition) is 4. The first-order valence-corrected chi connectivity index (χ1v) is 5.17. The average Bonchev–Trinajstić information content (AvgIpc) is 2.74. The molecule has 1 aromatic rings. The molecular formula is C10H16N4. The molecule has 1 saturated heterocycles. The molecule has 1 aliphatic heterocycles. The van der Waals surface area contributed by atoms with Gasteiger partial charge in [-0.15, -0.1) is 5.10 Å². The van der Waals surface area contributed by atoms with E-state index in [9.17, 15) is 0 Å². The minimum absolute atomic E-state index is 0.580. The molecule has 0 bridgehead atoms. The lowest BCUT2D eigenvalue weighted by molar-refractivity contribution is 0.636. The number of nitrogens with one attached hydrogen (secondary N) is 1. The fourth-order valence-corrected chi connectivity index (χ4v) is 1.96. The summed E-state index contributed by atoms with van der Waals surface area (Å²) in [7, 11) is 0. The molecule has 1 unspecified atom stereocenters. The van der Waals surface area contributed by atoms with Crippen molar-refractivity contribution in [2.75, 3.05) is 24.5 Å². The molecule has 0 spiro atoms. The third-order valence-electron chi connectivity index (χ3n) is 2.67. The van der Waals surface area contributed by atoms with E-state index in [0.717, 1.165) is 25.5 Å². The Bertz CT molecular complexity index is 269. The Labute approximate surface area is 84.3 Å². The van der Waals surface area contributed by atoms with Crippen molar-refractivity contribution < 1.29 is 0 Å². The Hall–Kier alpha value is -1.16. The molecule has 1 atom stereocenters. The van der Waals surface area contributed by atoms with Gasteiger partial charge in [-0.2, -0.15) is 5.10 Å². The Morgan fingerprint density at radius 1 is 1.64 bits per heavy atom. The van der Waals surface area contributed by atoms with Gasteiger partial charge in [0.25, 0.3) is 0 Å². The van der Waals surface area contributed by atoms with E-state index in [1.54, 1.807) is 6.20 Å². The van der Waals surface area contributed by atoms with Crippen molar-refractivity contribution in [3.63, 3.8) is 0 Å². The van der Waals surface area contributed by atoms with Gasteiger partial charge in [-0.05, 0) is 32.0 Å². The zero-order valence-electron chi connectivity index (χ0n) is 8.48. The van der Waals surface area contributed by atoms with Crippen molar-refractivity contribution in [1.82, 2.24) is 15.5 Å². The minimum Gasteiger partial charge on any atom is -0.351 e. The lowest BCUT2D eigenvalue weighted by Crippen LogP contribution is -2.37. The summed E-state index contributed by atoms with van der Waals surface area (Å²) in [5.41, 5.74) is 0. The summed E-state index contributed by atoms with van der Waals surface area (Å²) >= 11 is 0. The van der Waals surface area contributed by atoms with Crippen molar-refractivity contribution in [3.8, 4) is 0 Å². The van der Waals surface area contributed by atoms with Gasteiger partial charge in [-0.1, -0.05) is 0 Å². The molecule has 4 heteroatoms. The molecule has 0 radical (unpaired) electrons. The Morgan fingerprint density at radius 2 is 2.57 bits per heavy atom. The molecule has 0 aliphatic carbocycles. The summed E-state index contributed by atoms with van der Waals surface area (Å²) in [6.45, 7) is 5.32. The van der Waals surface area contributed by atoms with Crippen LogP contribution in [0.15, 0.2) is 18.3 Å². The summed E-state index contributed by atoms with van der Waals surface area (Å²) in [4.78, 5) is 2.31. The highest BCUT2D eigenvalue weighted by Gasteiger charge is 2.21. The summed E-state index contributed by atoms with van der Waals surface area (Å²) in [6.07, 6.45) is 2.91. The van der Waals surface area contributed by atoms with Crippen LogP contribution in [0.2, 0.25) is 0 Å². The monoisotopic (exact) mass is 192 g/mol. The van der Waals surface area contributed by atoms with Crippen LogP contribution in [0, 0.1) is 0 Å². The Kier molecular flexibility index (Phi) is 2.93. The Morgan fingerprint density at radius 3 is 3.14 bits per heavy atom. The molecule has 2 rings (SSSR count). The van der Waals surface area contributed by atoms with Gasteiger partial charge in [0, 0.05) is 25.3 Å². The maximum Gasteiger partial charge on any atom is 0.151 e. The van der Waals surface area contributed by atoms with E-state index >= 15 is 0 Å². The molecule has 1 aromatic heterocycles. The molecule has 1 fully saturated rings. The van der Waals surface area contributed by atoms with Crippen molar-refractivity contribution in [3.05, 3.63) is 18.3 Å². The van der Waals surface area contributed by atoms with E-state index < -0.39 is 0 Å². The predicted molar refractivity (Wildman–Crippen MR) is 56.3 cm³/mol. The molecule has 4 nitrogen and oxygen atoms in total. The van der Waals surface area contributed by atoms with Gasteiger partial charge < -0.3 is 10.2 Å². The van der Waals surface area contributed by atoms with Crippen LogP contribution in [0.5, 0.6) is 0 Å². The number of rotatable bonds is 3. The van der Waals surface area contributed by atoms with Gasteiger partial charge in [0.1, 0.15) is 0 Å². The Balaban J connectivity index is 2.12. The molecule has 76 valence electrons. The zero-order chi connectivity index (χ0) is 9.80. The second kappa shape index (κ2) is 4.37. The summed E-state index contributed by atoms with van der Waals surface area (Å²) < 4.78 is 0. The lowest BCUT2D eigenvalue weighted by Gasteiger charge is -2.27. The smallest absolute Gasteiger partial charge is 0.151 e. The van der Waals surface area contributed by atoms with Gasteiger partial charge in [0.05, 0.1) is 0 Å². The highest BCUT2D eigenvalue weighted by atomic mass is 15.3. The second-order valence-electron chi connectivity index (χ2n) is 3.51. The molecule has 0 saturated carbocycles. The van der Waals surface area contributed by atoms with Crippen molar-refractivity contribution >= 4 is 5.82 Å². The van der Waals surface area contributed by atoms with Crippen LogP contribution in [0.4, 0.5) is 5.82 Å². The molecule has 2 heterocycles. The molecule has 0 amide bonds. The van der Waals surface area contributed by atoms with Crippen LogP contribution < -0.4 is 10.2 Å². The normalized spacial score (nSPS) is 21.1. The van der Waals surface area contributed by atoms with Gasteiger partial charge in [0.2, 0.25) is 0 Å². The SMILES string of the molecule is CCN(c1cccnn1)C1CCNC1. The maximum atomic E-state index is 4.14. The fourth-order valence-electron chi connectivity index (χ4n) is 1.96. The molecule has 1 N–H and O–H groups in total. The minimum atomic E-state index is 0.580. The van der Waals surface area contributed by atoms with Crippen LogP contribution in [-0.2, 0) is 0 Å². The molecule has 1 aliphatic rings. The van der Waals surface area contributed by atoms with Crippen LogP contribution in [0.25, 0.3) is 0 Å². The first-order chi connectivity index (χ1) is 6.92. The molecule has 14 heavy (non-hydrogen) atoms. The molecular weight excluding hydrogens is 176 g/mol. The first-order valence-electron chi connectivity index (χ1n) is 5.17. The van der Waals surface area contributed by atoms with Gasteiger partial charge in [-0.3, -0.25) is 0 Å². The van der Waals surface area contributed by atoms with Crippen molar-refractivity contribution in [2.24, 2.45) is 0 Å². The number of aromatic nitrogens is 2. The summed E-state index contributed by atoms with van der Waals surface area (Å²) in [5.74, 6) is 0.990. The quantitative estimate of drug-likeness (QED) is 0.764. The van der Waals surface area contributed by atoms with E-state index in [-0.39, 0.29) is 0 Å². The van der Waals surface area contributed by atoms with Gasteiger partial charge in [-0.25, -0.2) is 0 Å². The van der Waals surface area contributed by atoms with Gasteiger partial charge >= 0.3 is 0 Å². The van der Waals surface area contributed by atoms with Gasteiger partial charge in [0.15, 0.2) is 5.82 Å². The van der Waals surface area contributed by atoms with E-state index in [1.165, 1.54) is 6.42 Å². The first kappa shape index (κ1) is 9.40. The number of anilines is 1. The van der Waals surface area contributed by atoms with Crippen molar-refractivity contribution in [1.29, 1.82) is 0 Å². The summed E-state index contributed by atoms with van der Waals surface area (Å²) in [6, 6.07) is 4.54. The summed E-state index contributed by atoms with van der Waals surface area (Å²) in [5, 5.41) is 11.4. The van der Waals surface area contributed by atoms with Crippen LogP contribution in [0.1, 0.15) is 13.3 Å². The van der Waals surface area contributed by atoms with E-state index in [4.69, 9.17) is 0 Å². The van der Waals surface area contributed by atoms with Crippen LogP contribution in [0.3, 0.4) is 0 Å². The number of likely N-dealkylation sites (N-methyl/N-ethyl adjacent to an activating group) is 1. The average molecular weight is 192 g/mol. The van der Waals surface area contributed by atoms with E-state index in [2.05, 4.69) is 27.3 Å². The predicted octanol–water partition coefficient (Wildman–Crippen LogP) is 0.665. The lowest BCUT2D eigenvalue weighted by atomic mass is 10.2. The topological polar surface area (TPSA) is 41.1 Å². The number of hydrogen-bond donors (Lipinski definition) is 1. The second-order valence-corrected chi connectivity index (χ2v) is 3.51. The largest absolute Gasteiger partial charge is 0.351 e. The highest BCUT2D eigenvalue weighted by molar-refractivity contribution is 5.38. The van der Waals surface area contributed by atoms with Crippen LogP contribution >= 0.6 is 0 Å².